The molecule has 21 heavy (non-hydrogen) atoms. The molecule has 0 bridgehead atoms. The van der Waals surface area contributed by atoms with E-state index in [4.69, 9.17) is 10.0 Å². The highest BCUT2D eigenvalue weighted by Crippen LogP contribution is 2.17. The zero-order chi connectivity index (χ0) is 15.1. The average molecular weight is 291 g/mol. The molecule has 1 heterocycles. The summed E-state index contributed by atoms with van der Waals surface area (Å²) < 4.78 is 0. The van der Waals surface area contributed by atoms with Crippen molar-refractivity contribution in [3.63, 3.8) is 0 Å². The highest BCUT2D eigenvalue weighted by molar-refractivity contribution is 6.38. The summed E-state index contributed by atoms with van der Waals surface area (Å²) in [5.74, 6) is -0.715. The van der Waals surface area contributed by atoms with Crippen molar-refractivity contribution in [2.24, 2.45) is 5.16 Å². The van der Waals surface area contributed by atoms with Crippen molar-refractivity contribution in [2.45, 2.75) is 31.8 Å². The lowest BCUT2D eigenvalue weighted by Gasteiger charge is -2.08. The van der Waals surface area contributed by atoms with Crippen LogP contribution in [-0.4, -0.2) is 28.8 Å². The van der Waals surface area contributed by atoms with Gasteiger partial charge in [0.25, 0.3) is 5.91 Å². The third kappa shape index (κ3) is 4.57. The Labute approximate surface area is 121 Å². The Hall–Kier alpha value is -2.41. The summed E-state index contributed by atoms with van der Waals surface area (Å²) >= 11 is 0. The zero-order valence-electron chi connectivity index (χ0n) is 11.4. The summed E-state index contributed by atoms with van der Waals surface area (Å²) in [6, 6.07) is 9.24. The number of hydrogen-bond donors (Lipinski definition) is 3. The van der Waals surface area contributed by atoms with E-state index in [0.29, 0.717) is 25.7 Å². The van der Waals surface area contributed by atoms with Crippen LogP contribution >= 0.6 is 0 Å². The number of para-hydroxylation sites is 1. The van der Waals surface area contributed by atoms with E-state index in [1.165, 1.54) is 5.48 Å². The minimum absolute atomic E-state index is 0.0616. The number of nitrogens with one attached hydrogen (secondary N) is 2. The standard InChI is InChI=1S/C14H17N3O4/c18-13(15-10-5-2-1-3-6-10)8-4-7-11-9-12(17-21-11)14(19)16-20/h1-3,5-6,11,20H,4,7-9H2,(H,15,18)(H,16,19). The Kier molecular flexibility index (Phi) is 5.28. The fourth-order valence-electron chi connectivity index (χ4n) is 2.02. The molecule has 1 unspecified atom stereocenters. The molecule has 2 rings (SSSR count). The van der Waals surface area contributed by atoms with Gasteiger partial charge in [0, 0.05) is 18.5 Å². The molecule has 0 saturated heterocycles. The Balaban J connectivity index is 1.64. The first-order valence-corrected chi connectivity index (χ1v) is 6.71. The number of nitrogens with zero attached hydrogens (tertiary/aromatic N) is 1. The fraction of sp³-hybridized carbons (Fsp3) is 0.357. The van der Waals surface area contributed by atoms with Crippen molar-refractivity contribution in [3.8, 4) is 0 Å². The highest BCUT2D eigenvalue weighted by atomic mass is 16.6. The van der Waals surface area contributed by atoms with Crippen molar-refractivity contribution >= 4 is 23.2 Å². The van der Waals surface area contributed by atoms with Crippen molar-refractivity contribution in [3.05, 3.63) is 30.3 Å². The molecule has 1 aromatic carbocycles. The molecule has 0 aromatic heterocycles. The van der Waals surface area contributed by atoms with Gasteiger partial charge in [-0.3, -0.25) is 14.8 Å². The van der Waals surface area contributed by atoms with Crippen LogP contribution in [0.3, 0.4) is 0 Å². The van der Waals surface area contributed by atoms with Crippen LogP contribution in [0.15, 0.2) is 35.5 Å². The molecule has 0 aliphatic carbocycles. The Morgan fingerprint density at radius 2 is 2.10 bits per heavy atom. The first kappa shape index (κ1) is 15.0. The van der Waals surface area contributed by atoms with E-state index in [-0.39, 0.29) is 17.7 Å². The molecule has 0 spiro atoms. The van der Waals surface area contributed by atoms with Crippen LogP contribution < -0.4 is 10.8 Å². The lowest BCUT2D eigenvalue weighted by atomic mass is 10.1. The third-order valence-corrected chi connectivity index (χ3v) is 3.08. The van der Waals surface area contributed by atoms with Gasteiger partial charge < -0.3 is 10.2 Å². The van der Waals surface area contributed by atoms with E-state index in [9.17, 15) is 9.59 Å². The van der Waals surface area contributed by atoms with Gasteiger partial charge in [0.2, 0.25) is 5.91 Å². The largest absolute Gasteiger partial charge is 0.392 e. The van der Waals surface area contributed by atoms with Crippen LogP contribution in [0.5, 0.6) is 0 Å². The van der Waals surface area contributed by atoms with E-state index < -0.39 is 5.91 Å². The van der Waals surface area contributed by atoms with Crippen molar-refractivity contribution in [2.75, 3.05) is 5.32 Å². The third-order valence-electron chi connectivity index (χ3n) is 3.08. The summed E-state index contributed by atoms with van der Waals surface area (Å²) in [6.07, 6.45) is 1.74. The first-order chi connectivity index (χ1) is 10.2. The van der Waals surface area contributed by atoms with Crippen molar-refractivity contribution in [1.29, 1.82) is 0 Å². The number of carbonyl (C=O) groups excluding carboxylic acids is 2. The number of benzene rings is 1. The summed E-state index contributed by atoms with van der Waals surface area (Å²) in [6.45, 7) is 0. The number of anilines is 1. The Morgan fingerprint density at radius 1 is 1.33 bits per heavy atom. The van der Waals surface area contributed by atoms with Crippen LogP contribution in [0, 0.1) is 0 Å². The molecular weight excluding hydrogens is 274 g/mol. The maximum Gasteiger partial charge on any atom is 0.292 e. The quantitative estimate of drug-likeness (QED) is 0.545. The second kappa shape index (κ2) is 7.39. The topological polar surface area (TPSA) is 100 Å². The summed E-state index contributed by atoms with van der Waals surface area (Å²) in [5, 5.41) is 14.9. The van der Waals surface area contributed by atoms with Gasteiger partial charge in [0.1, 0.15) is 6.10 Å². The molecule has 0 fully saturated rings. The molecule has 112 valence electrons. The van der Waals surface area contributed by atoms with E-state index in [2.05, 4.69) is 10.5 Å². The summed E-state index contributed by atoms with van der Waals surface area (Å²) in [4.78, 5) is 27.9. The predicted molar refractivity (Wildman–Crippen MR) is 75.8 cm³/mol. The molecular formula is C14H17N3O4. The number of hydrogen-bond acceptors (Lipinski definition) is 5. The van der Waals surface area contributed by atoms with Crippen LogP contribution in [0.2, 0.25) is 0 Å². The van der Waals surface area contributed by atoms with Crippen molar-refractivity contribution in [1.82, 2.24) is 5.48 Å². The van der Waals surface area contributed by atoms with Gasteiger partial charge in [0.15, 0.2) is 5.71 Å². The van der Waals surface area contributed by atoms with E-state index in [1.54, 1.807) is 0 Å². The lowest BCUT2D eigenvalue weighted by molar-refractivity contribution is -0.122. The Morgan fingerprint density at radius 3 is 2.81 bits per heavy atom. The Bertz CT molecular complexity index is 530. The maximum absolute atomic E-state index is 11.7. The second-order valence-corrected chi connectivity index (χ2v) is 4.72. The normalized spacial score (nSPS) is 16.8. The minimum atomic E-state index is -0.653. The maximum atomic E-state index is 11.7. The van der Waals surface area contributed by atoms with Gasteiger partial charge in [0.05, 0.1) is 0 Å². The number of carbonyl (C=O) groups is 2. The molecule has 1 aliphatic rings. The second-order valence-electron chi connectivity index (χ2n) is 4.72. The summed E-state index contributed by atoms with van der Waals surface area (Å²) in [5.41, 5.74) is 2.45. The van der Waals surface area contributed by atoms with Gasteiger partial charge in [-0.2, -0.15) is 0 Å². The van der Waals surface area contributed by atoms with Gasteiger partial charge in [-0.1, -0.05) is 23.4 Å². The van der Waals surface area contributed by atoms with Gasteiger partial charge >= 0.3 is 0 Å². The van der Waals surface area contributed by atoms with Crippen LogP contribution in [0.4, 0.5) is 5.69 Å². The number of amides is 2. The molecule has 0 radical (unpaired) electrons. The van der Waals surface area contributed by atoms with E-state index in [0.717, 1.165) is 5.69 Å². The molecule has 1 aromatic rings. The van der Waals surface area contributed by atoms with Crippen LogP contribution in [0.1, 0.15) is 25.7 Å². The monoisotopic (exact) mass is 291 g/mol. The molecule has 7 heteroatoms. The SMILES string of the molecule is O=C(CCCC1CC(C(=O)NO)=NO1)Nc1ccccc1. The molecule has 7 nitrogen and oxygen atoms in total. The van der Waals surface area contributed by atoms with E-state index >= 15 is 0 Å². The smallest absolute Gasteiger partial charge is 0.292 e. The first-order valence-electron chi connectivity index (χ1n) is 6.71. The molecule has 3 N–H and O–H groups in total. The van der Waals surface area contributed by atoms with Crippen LogP contribution in [-0.2, 0) is 14.4 Å². The lowest BCUT2D eigenvalue weighted by Crippen LogP contribution is -2.27. The fourth-order valence-corrected chi connectivity index (χ4v) is 2.02. The van der Waals surface area contributed by atoms with Crippen molar-refractivity contribution < 1.29 is 19.6 Å². The zero-order valence-corrected chi connectivity index (χ0v) is 11.4. The number of oxime groups is 1. The number of rotatable bonds is 6. The molecule has 1 atom stereocenters. The van der Waals surface area contributed by atoms with E-state index in [1.807, 2.05) is 30.3 Å². The predicted octanol–water partition coefficient (Wildman–Crippen LogP) is 1.45. The molecule has 0 saturated carbocycles. The van der Waals surface area contributed by atoms with Gasteiger partial charge in [-0.25, -0.2) is 5.48 Å². The summed E-state index contributed by atoms with van der Waals surface area (Å²) in [7, 11) is 0. The average Bonchev–Trinajstić information content (AvgIpc) is 2.96. The minimum Gasteiger partial charge on any atom is -0.392 e. The molecule has 2 amide bonds. The van der Waals surface area contributed by atoms with Gasteiger partial charge in [-0.15, -0.1) is 0 Å². The van der Waals surface area contributed by atoms with Gasteiger partial charge in [-0.05, 0) is 25.0 Å². The molecule has 1 aliphatic heterocycles. The number of hydroxylamine groups is 1. The van der Waals surface area contributed by atoms with Crippen LogP contribution in [0.25, 0.3) is 0 Å². The highest BCUT2D eigenvalue weighted by Gasteiger charge is 2.25.